The van der Waals surface area contributed by atoms with E-state index >= 15 is 0 Å². The van der Waals surface area contributed by atoms with E-state index in [1.54, 1.807) is 16.8 Å². The molecule has 3 rings (SSSR count). The van der Waals surface area contributed by atoms with Gasteiger partial charge in [-0.25, -0.2) is 8.42 Å². The van der Waals surface area contributed by atoms with Crippen LogP contribution in [0.2, 0.25) is 0 Å². The number of ether oxygens (including phenoxy) is 1. The lowest BCUT2D eigenvalue weighted by Gasteiger charge is -2.55. The number of carboxylic acids is 1. The summed E-state index contributed by atoms with van der Waals surface area (Å²) < 4.78 is 28.2. The summed E-state index contributed by atoms with van der Waals surface area (Å²) >= 11 is 2.46. The maximum absolute atomic E-state index is 12.9. The average Bonchev–Trinajstić information content (AvgIpc) is 3.16. The molecule has 2 aliphatic rings. The Bertz CT molecular complexity index is 977. The van der Waals surface area contributed by atoms with Crippen LogP contribution in [0, 0.1) is 5.41 Å². The van der Waals surface area contributed by atoms with Gasteiger partial charge in [-0.1, -0.05) is 0 Å². The zero-order valence-corrected chi connectivity index (χ0v) is 18.6. The van der Waals surface area contributed by atoms with Crippen molar-refractivity contribution in [3.8, 4) is 0 Å². The molecule has 2 fully saturated rings. The SMILES string of the molecule is CC(=O)OCC1(C(=O)O)CS[C@@H]2C(N(C(=O)CS(C)(=O)=O)c3ccsc3)C(=O)N2C1. The summed E-state index contributed by atoms with van der Waals surface area (Å²) in [5.41, 5.74) is -1.03. The van der Waals surface area contributed by atoms with E-state index in [-0.39, 0.29) is 18.9 Å². The van der Waals surface area contributed by atoms with Gasteiger partial charge in [-0.15, -0.1) is 11.8 Å². The van der Waals surface area contributed by atoms with Gasteiger partial charge in [0.1, 0.15) is 29.2 Å². The smallest absolute Gasteiger partial charge is 0.315 e. The lowest BCUT2D eigenvalue weighted by Crippen LogP contribution is -2.75. The number of nitrogens with zero attached hydrogens (tertiary/aromatic N) is 2. The molecule has 0 spiro atoms. The van der Waals surface area contributed by atoms with E-state index < -0.39 is 56.2 Å². The molecule has 164 valence electrons. The molecular weight excluding hydrogens is 456 g/mol. The van der Waals surface area contributed by atoms with Crippen LogP contribution < -0.4 is 4.90 Å². The number of anilines is 1. The summed E-state index contributed by atoms with van der Waals surface area (Å²) in [7, 11) is -3.61. The molecule has 3 atom stereocenters. The van der Waals surface area contributed by atoms with Crippen molar-refractivity contribution in [2.24, 2.45) is 5.41 Å². The number of carbonyl (C=O) groups is 4. The molecule has 0 aromatic carbocycles. The Morgan fingerprint density at radius 1 is 1.40 bits per heavy atom. The van der Waals surface area contributed by atoms with Crippen molar-refractivity contribution in [2.75, 3.05) is 35.8 Å². The van der Waals surface area contributed by atoms with Gasteiger partial charge in [-0.2, -0.15) is 11.3 Å². The van der Waals surface area contributed by atoms with Crippen LogP contribution in [0.15, 0.2) is 16.8 Å². The first kappa shape index (κ1) is 22.6. The van der Waals surface area contributed by atoms with Crippen LogP contribution in [0.1, 0.15) is 6.92 Å². The first-order valence-electron chi connectivity index (χ1n) is 8.76. The number of hydrogen-bond donors (Lipinski definition) is 1. The highest BCUT2D eigenvalue weighted by molar-refractivity contribution is 8.00. The summed E-state index contributed by atoms with van der Waals surface area (Å²) in [4.78, 5) is 51.2. The molecule has 2 aliphatic heterocycles. The fourth-order valence-electron chi connectivity index (χ4n) is 3.38. The molecule has 0 aliphatic carbocycles. The lowest BCUT2D eigenvalue weighted by molar-refractivity contribution is -0.163. The average molecular weight is 477 g/mol. The second kappa shape index (κ2) is 8.19. The first-order valence-corrected chi connectivity index (χ1v) is 12.8. The van der Waals surface area contributed by atoms with E-state index in [4.69, 9.17) is 4.74 Å². The third-order valence-electron chi connectivity index (χ3n) is 4.84. The van der Waals surface area contributed by atoms with Gasteiger partial charge in [0.25, 0.3) is 0 Å². The highest BCUT2D eigenvalue weighted by Gasteiger charge is 2.60. The van der Waals surface area contributed by atoms with Crippen LogP contribution in [-0.4, -0.2) is 84.5 Å². The highest BCUT2D eigenvalue weighted by atomic mass is 32.2. The van der Waals surface area contributed by atoms with Gasteiger partial charge in [-0.05, 0) is 11.4 Å². The van der Waals surface area contributed by atoms with Crippen molar-refractivity contribution in [2.45, 2.75) is 18.3 Å². The number of hydrogen-bond acceptors (Lipinski definition) is 9. The van der Waals surface area contributed by atoms with Crippen LogP contribution in [0.3, 0.4) is 0 Å². The second-order valence-corrected chi connectivity index (χ2v) is 11.3. The molecule has 0 bridgehead atoms. The molecule has 1 N–H and O–H groups in total. The van der Waals surface area contributed by atoms with Gasteiger partial charge in [0, 0.05) is 30.9 Å². The molecular formula is C17H20N2O8S3. The number of sulfone groups is 1. The number of amides is 2. The lowest BCUT2D eigenvalue weighted by atomic mass is 9.87. The molecule has 10 nitrogen and oxygen atoms in total. The Morgan fingerprint density at radius 2 is 2.10 bits per heavy atom. The van der Waals surface area contributed by atoms with Gasteiger partial charge in [0.2, 0.25) is 11.8 Å². The van der Waals surface area contributed by atoms with Crippen molar-refractivity contribution in [1.82, 2.24) is 4.90 Å². The summed E-state index contributed by atoms with van der Waals surface area (Å²) in [6.07, 6.45) is 0.942. The van der Waals surface area contributed by atoms with Crippen molar-refractivity contribution >= 4 is 62.4 Å². The molecule has 2 unspecified atom stereocenters. The maximum Gasteiger partial charge on any atom is 0.315 e. The number of rotatable bonds is 7. The fourth-order valence-corrected chi connectivity index (χ4v) is 6.16. The highest BCUT2D eigenvalue weighted by Crippen LogP contribution is 2.45. The van der Waals surface area contributed by atoms with E-state index in [9.17, 15) is 32.7 Å². The molecule has 0 saturated carbocycles. The van der Waals surface area contributed by atoms with Gasteiger partial charge in [-0.3, -0.25) is 24.1 Å². The zero-order valence-electron chi connectivity index (χ0n) is 16.1. The van der Waals surface area contributed by atoms with E-state index in [0.717, 1.165) is 6.26 Å². The minimum Gasteiger partial charge on any atom is -0.481 e. The van der Waals surface area contributed by atoms with E-state index in [0.29, 0.717) is 5.69 Å². The van der Waals surface area contributed by atoms with Gasteiger partial charge >= 0.3 is 11.9 Å². The number of aliphatic carboxylic acids is 1. The predicted octanol–water partition coefficient (Wildman–Crippen LogP) is 0.0435. The molecule has 2 amide bonds. The molecule has 3 heterocycles. The largest absolute Gasteiger partial charge is 0.481 e. The van der Waals surface area contributed by atoms with Gasteiger partial charge in [0.15, 0.2) is 9.84 Å². The van der Waals surface area contributed by atoms with Crippen LogP contribution in [-0.2, 0) is 33.8 Å². The molecule has 13 heteroatoms. The molecule has 2 saturated heterocycles. The summed E-state index contributed by atoms with van der Waals surface area (Å²) in [6, 6.07) is 0.690. The quantitative estimate of drug-likeness (QED) is 0.427. The first-order chi connectivity index (χ1) is 13.9. The standard InChI is InChI=1S/C17H20N2O8S3/c1-10(20)27-8-17(16(23)24)7-18-14(22)13(15(18)29-9-17)19(11-3-4-28-5-11)12(21)6-30(2,25)26/h3-5,13,15H,6-9H2,1-2H3,(H,23,24)/t13?,15-,17?/m1/s1. The van der Waals surface area contributed by atoms with Crippen molar-refractivity contribution < 1.29 is 37.4 Å². The Labute approximate surface area is 181 Å². The van der Waals surface area contributed by atoms with E-state index in [1.807, 2.05) is 0 Å². The number of carbonyl (C=O) groups excluding carboxylic acids is 3. The number of β-lactam (4-membered cyclic amide) rings is 1. The number of carboxylic acid groups (broad SMARTS) is 1. The van der Waals surface area contributed by atoms with Crippen molar-refractivity contribution in [3.63, 3.8) is 0 Å². The number of fused-ring (bicyclic) bond motifs is 1. The minimum atomic E-state index is -3.61. The van der Waals surface area contributed by atoms with E-state index in [1.165, 1.54) is 39.8 Å². The van der Waals surface area contributed by atoms with Crippen LogP contribution >= 0.6 is 23.1 Å². The Morgan fingerprint density at radius 3 is 2.63 bits per heavy atom. The van der Waals surface area contributed by atoms with Gasteiger partial charge in [0.05, 0.1) is 5.69 Å². The monoisotopic (exact) mass is 476 g/mol. The molecule has 1 aromatic rings. The van der Waals surface area contributed by atoms with Gasteiger partial charge < -0.3 is 14.7 Å². The molecule has 1 aromatic heterocycles. The fraction of sp³-hybridized carbons (Fsp3) is 0.529. The predicted molar refractivity (Wildman–Crippen MR) is 110 cm³/mol. The van der Waals surface area contributed by atoms with Crippen LogP contribution in [0.5, 0.6) is 0 Å². The van der Waals surface area contributed by atoms with E-state index in [2.05, 4.69) is 0 Å². The summed E-state index contributed by atoms with van der Waals surface area (Å²) in [5.74, 6) is -3.68. The Hall–Kier alpha value is -2.12. The minimum absolute atomic E-state index is 0.0678. The Balaban J connectivity index is 1.84. The van der Waals surface area contributed by atoms with Crippen LogP contribution in [0.4, 0.5) is 5.69 Å². The number of thioether (sulfide) groups is 1. The molecule has 30 heavy (non-hydrogen) atoms. The number of thiophene rings is 1. The summed E-state index contributed by atoms with van der Waals surface area (Å²) in [6.45, 7) is 0.638. The van der Waals surface area contributed by atoms with Crippen molar-refractivity contribution in [1.29, 1.82) is 0 Å². The Kier molecular flexibility index (Phi) is 6.16. The van der Waals surface area contributed by atoms with Crippen LogP contribution in [0.25, 0.3) is 0 Å². The topological polar surface area (TPSA) is 138 Å². The third kappa shape index (κ3) is 4.32. The summed E-state index contributed by atoms with van der Waals surface area (Å²) in [5, 5.41) is 12.5. The van der Waals surface area contributed by atoms with Crippen molar-refractivity contribution in [3.05, 3.63) is 16.8 Å². The normalized spacial score (nSPS) is 25.8. The third-order valence-corrected chi connectivity index (χ3v) is 7.85. The zero-order chi connectivity index (χ0) is 22.3. The maximum atomic E-state index is 12.9. The number of esters is 1. The second-order valence-electron chi connectivity index (χ2n) is 7.29. The molecule has 0 radical (unpaired) electrons.